The van der Waals surface area contributed by atoms with Gasteiger partial charge in [-0.25, -0.2) is 4.79 Å². The number of rotatable bonds is 8. The monoisotopic (exact) mass is 523 g/mol. The van der Waals surface area contributed by atoms with Gasteiger partial charge in [0.2, 0.25) is 0 Å². The van der Waals surface area contributed by atoms with Crippen LogP contribution in [0.5, 0.6) is 0 Å². The minimum absolute atomic E-state index is 0. The van der Waals surface area contributed by atoms with E-state index >= 15 is 0 Å². The quantitative estimate of drug-likeness (QED) is 0.176. The summed E-state index contributed by atoms with van der Waals surface area (Å²) in [6.45, 7) is 0. The summed E-state index contributed by atoms with van der Waals surface area (Å²) in [6.07, 6.45) is -2.88. The van der Waals surface area contributed by atoms with Crippen molar-refractivity contribution < 1.29 is 65.6 Å². The van der Waals surface area contributed by atoms with Gasteiger partial charge in [0.15, 0.2) is 5.60 Å². The van der Waals surface area contributed by atoms with E-state index in [4.69, 9.17) is 30.6 Å². The molecule has 0 fully saturated rings. The van der Waals surface area contributed by atoms with E-state index in [1.165, 1.54) is 0 Å². The van der Waals surface area contributed by atoms with Gasteiger partial charge in [-0.3, -0.25) is 19.2 Å². The molecule has 0 aliphatic carbocycles. The molecule has 0 aromatic carbocycles. The van der Waals surface area contributed by atoms with E-state index < -0.39 is 48.3 Å². The zero-order chi connectivity index (χ0) is 17.2. The third kappa shape index (κ3) is 43.8. The summed E-state index contributed by atoms with van der Waals surface area (Å²) < 4.78 is 0. The standard InChI is InChI=1S/C6H8O7.C4H6O4.3ClH.3Na.2H2O/c7-3(8)1-6(13,5(11)12)2-4(9)10;5-3(6)1-2-4(7)8;;;;;;;;/h13H,1-2H2,(H,7,8)(H,9,10)(H,11,12);1-2H2,(H,5,6)(H,7,8);3*1H;;;;2*1H2. The van der Waals surface area contributed by atoms with E-state index in [0.717, 1.165) is 0 Å². The summed E-state index contributed by atoms with van der Waals surface area (Å²) in [5.41, 5.74) is -2.74. The van der Waals surface area contributed by atoms with Crippen molar-refractivity contribution in [1.82, 2.24) is 0 Å². The van der Waals surface area contributed by atoms with Gasteiger partial charge in [-0.15, -0.1) is 37.2 Å². The Morgan fingerprint density at radius 1 is 0.552 bits per heavy atom. The van der Waals surface area contributed by atoms with Crippen molar-refractivity contribution in [3.63, 3.8) is 0 Å². The second-order valence-corrected chi connectivity index (χ2v) is 3.77. The van der Waals surface area contributed by atoms with E-state index in [1.807, 2.05) is 0 Å². The summed E-state index contributed by atoms with van der Waals surface area (Å²) in [4.78, 5) is 49.8. The number of halogens is 3. The maximum atomic E-state index is 10.3. The van der Waals surface area contributed by atoms with Gasteiger partial charge in [-0.2, -0.15) is 0 Å². The molecule has 0 aromatic heterocycles. The molecule has 163 valence electrons. The van der Waals surface area contributed by atoms with E-state index in [2.05, 4.69) is 0 Å². The van der Waals surface area contributed by atoms with Crippen LogP contribution in [-0.4, -0.2) is 166 Å². The van der Waals surface area contributed by atoms with Gasteiger partial charge in [0.25, 0.3) is 0 Å². The molecule has 3 radical (unpaired) electrons. The molecule has 19 heteroatoms. The number of hydrogen-bond donors (Lipinski definition) is 6. The molecule has 0 amide bonds. The molecular weight excluding hydrogens is 503 g/mol. The van der Waals surface area contributed by atoms with Crippen molar-refractivity contribution in [2.45, 2.75) is 31.3 Å². The normalized spacial score (nSPS) is 7.21. The average Bonchev–Trinajstić information content (AvgIpc) is 2.24. The molecule has 0 atom stereocenters. The van der Waals surface area contributed by atoms with Crippen molar-refractivity contribution in [2.24, 2.45) is 0 Å². The number of carbonyl (C=O) groups is 5. The van der Waals surface area contributed by atoms with Crippen molar-refractivity contribution >= 4 is 156 Å². The van der Waals surface area contributed by atoms with Crippen LogP contribution in [0.3, 0.4) is 0 Å². The number of aliphatic carboxylic acids is 5. The Hall–Kier alpha value is 1.10. The molecular formula is C10H21Cl3Na3O13. The Morgan fingerprint density at radius 2 is 0.759 bits per heavy atom. The predicted octanol–water partition coefficient (Wildman–Crippen LogP) is -2.84. The molecule has 13 nitrogen and oxygen atoms in total. The van der Waals surface area contributed by atoms with Crippen LogP contribution >= 0.6 is 37.2 Å². The Kier molecular flexibility index (Phi) is 73.4. The van der Waals surface area contributed by atoms with Crippen molar-refractivity contribution in [3.05, 3.63) is 0 Å². The van der Waals surface area contributed by atoms with Crippen LogP contribution in [0.4, 0.5) is 0 Å². The smallest absolute Gasteiger partial charge is 0.336 e. The third-order valence-electron chi connectivity index (χ3n) is 1.84. The first-order valence-corrected chi connectivity index (χ1v) is 5.23. The van der Waals surface area contributed by atoms with E-state index in [-0.39, 0.29) is 150 Å². The van der Waals surface area contributed by atoms with Gasteiger partial charge in [-0.1, -0.05) is 0 Å². The molecule has 0 aliphatic rings. The van der Waals surface area contributed by atoms with E-state index in [1.54, 1.807) is 0 Å². The van der Waals surface area contributed by atoms with Crippen molar-refractivity contribution in [2.75, 3.05) is 0 Å². The Balaban J connectivity index is -0.0000000257. The fourth-order valence-corrected chi connectivity index (χ4v) is 0.928. The third-order valence-corrected chi connectivity index (χ3v) is 1.84. The van der Waals surface area contributed by atoms with Crippen molar-refractivity contribution in [1.29, 1.82) is 0 Å². The molecule has 10 N–H and O–H groups in total. The minimum Gasteiger partial charge on any atom is -0.481 e. The van der Waals surface area contributed by atoms with Crippen LogP contribution in [0.2, 0.25) is 0 Å². The van der Waals surface area contributed by atoms with Crippen LogP contribution in [0, 0.1) is 0 Å². The molecule has 0 aliphatic heterocycles. The topological polar surface area (TPSA) is 270 Å². The van der Waals surface area contributed by atoms with Gasteiger partial charge < -0.3 is 41.6 Å². The van der Waals surface area contributed by atoms with Gasteiger partial charge in [0, 0.05) is 88.7 Å². The SMILES string of the molecule is Cl.Cl.Cl.O.O.O=C(O)CC(O)(CC(=O)O)C(=O)O.O=C(O)CCC(=O)O.[Na].[Na].[Na]. The maximum Gasteiger partial charge on any atom is 0.336 e. The van der Waals surface area contributed by atoms with Crippen LogP contribution in [0.15, 0.2) is 0 Å². The molecule has 29 heavy (non-hydrogen) atoms. The van der Waals surface area contributed by atoms with Crippen LogP contribution in [0.1, 0.15) is 25.7 Å². The molecule has 0 saturated heterocycles. The van der Waals surface area contributed by atoms with Gasteiger partial charge in [-0.05, 0) is 0 Å². The first kappa shape index (κ1) is 63.1. The summed E-state index contributed by atoms with van der Waals surface area (Å²) in [7, 11) is 0. The Morgan fingerprint density at radius 3 is 0.862 bits per heavy atom. The molecule has 0 rings (SSSR count). The Labute approximate surface area is 249 Å². The van der Waals surface area contributed by atoms with Crippen LogP contribution < -0.4 is 0 Å². The van der Waals surface area contributed by atoms with Crippen LogP contribution in [0.25, 0.3) is 0 Å². The first-order chi connectivity index (χ1) is 9.40. The zero-order valence-corrected chi connectivity index (χ0v) is 24.2. The number of hydrogen-bond acceptors (Lipinski definition) is 6. The second kappa shape index (κ2) is 33.7. The molecule has 0 bridgehead atoms. The van der Waals surface area contributed by atoms with Crippen molar-refractivity contribution in [3.8, 4) is 0 Å². The summed E-state index contributed by atoms with van der Waals surface area (Å²) in [5, 5.41) is 49.6. The zero-order valence-electron chi connectivity index (χ0n) is 15.8. The maximum absolute atomic E-state index is 10.3. The fourth-order valence-electron chi connectivity index (χ4n) is 0.928. The fraction of sp³-hybridized carbons (Fsp3) is 0.500. The molecule has 0 unspecified atom stereocenters. The molecule has 0 aromatic rings. The van der Waals surface area contributed by atoms with E-state index in [9.17, 15) is 24.0 Å². The number of aliphatic hydroxyl groups is 1. The minimum atomic E-state index is -2.74. The number of carboxylic acids is 5. The van der Waals surface area contributed by atoms with E-state index in [0.29, 0.717) is 0 Å². The molecule has 0 spiro atoms. The average molecular weight is 525 g/mol. The number of carboxylic acid groups (broad SMARTS) is 5. The van der Waals surface area contributed by atoms with Crippen LogP contribution in [-0.2, 0) is 24.0 Å². The summed E-state index contributed by atoms with van der Waals surface area (Å²) in [5.74, 6) is -7.17. The van der Waals surface area contributed by atoms with Gasteiger partial charge in [0.1, 0.15) is 0 Å². The Bertz CT molecular complexity index is 424. The molecule has 0 saturated carbocycles. The largest absolute Gasteiger partial charge is 0.481 e. The second-order valence-electron chi connectivity index (χ2n) is 3.77. The summed E-state index contributed by atoms with van der Waals surface area (Å²) >= 11 is 0. The first-order valence-electron chi connectivity index (χ1n) is 5.23. The van der Waals surface area contributed by atoms with Gasteiger partial charge >= 0.3 is 29.8 Å². The predicted molar refractivity (Wildman–Crippen MR) is 108 cm³/mol. The molecule has 0 heterocycles. The summed E-state index contributed by atoms with van der Waals surface area (Å²) in [6, 6.07) is 0. The van der Waals surface area contributed by atoms with Gasteiger partial charge in [0.05, 0.1) is 25.7 Å².